The summed E-state index contributed by atoms with van der Waals surface area (Å²) >= 11 is 0. The number of carbonyl (C=O) groups is 1. The first-order chi connectivity index (χ1) is 9.21. The summed E-state index contributed by atoms with van der Waals surface area (Å²) in [4.78, 5) is 12.2. The molecule has 112 valence electrons. The molecule has 2 rings (SSSR count). The molecule has 2 atom stereocenters. The molecule has 1 saturated carbocycles. The summed E-state index contributed by atoms with van der Waals surface area (Å²) in [6, 6.07) is 0.139. The van der Waals surface area contributed by atoms with E-state index in [0.29, 0.717) is 12.2 Å². The van der Waals surface area contributed by atoms with Gasteiger partial charge in [-0.1, -0.05) is 19.0 Å². The second-order valence-corrected chi connectivity index (χ2v) is 6.46. The molecule has 0 aliphatic heterocycles. The monoisotopic (exact) mass is 280 g/mol. The zero-order chi connectivity index (χ0) is 15.1. The summed E-state index contributed by atoms with van der Waals surface area (Å²) < 4.78 is 10.7. The van der Waals surface area contributed by atoms with E-state index >= 15 is 0 Å². The molecule has 1 aromatic heterocycles. The van der Waals surface area contributed by atoms with Gasteiger partial charge in [-0.3, -0.25) is 4.79 Å². The molecule has 5 heteroatoms. The van der Waals surface area contributed by atoms with Crippen molar-refractivity contribution in [3.8, 4) is 0 Å². The van der Waals surface area contributed by atoms with Gasteiger partial charge in [0.15, 0.2) is 0 Å². The fraction of sp³-hybridized carbons (Fsp3) is 0.733. The van der Waals surface area contributed by atoms with Gasteiger partial charge in [0.05, 0.1) is 17.7 Å². The van der Waals surface area contributed by atoms with E-state index in [4.69, 9.17) is 9.26 Å². The maximum atomic E-state index is 12.2. The minimum atomic E-state index is -0.173. The maximum Gasteiger partial charge on any atom is 0.224 e. The van der Waals surface area contributed by atoms with Crippen LogP contribution in [0, 0.1) is 19.3 Å². The Morgan fingerprint density at radius 2 is 2.10 bits per heavy atom. The standard InChI is InChI=1S/C15H24N2O3/c1-9-11(10(2)20-17-9)7-13(18)16-12-8-15(5,19-6)14(12,3)4/h12H,7-8H2,1-6H3,(H,16,18)/t12-,15+/m1/s1. The Bertz CT molecular complexity index is 502. The van der Waals surface area contributed by atoms with E-state index in [1.807, 2.05) is 13.8 Å². The molecule has 1 fully saturated rings. The molecule has 1 aliphatic rings. The van der Waals surface area contributed by atoms with Crippen LogP contribution in [0.15, 0.2) is 4.52 Å². The Kier molecular flexibility index (Phi) is 3.67. The zero-order valence-electron chi connectivity index (χ0n) is 13.2. The Morgan fingerprint density at radius 3 is 2.55 bits per heavy atom. The molecule has 0 aromatic carbocycles. The third-order valence-corrected chi connectivity index (χ3v) is 5.13. The lowest BCUT2D eigenvalue weighted by molar-refractivity contribution is -0.182. The normalized spacial score (nSPS) is 28.0. The molecule has 1 aliphatic carbocycles. The van der Waals surface area contributed by atoms with E-state index in [2.05, 4.69) is 31.2 Å². The minimum Gasteiger partial charge on any atom is -0.378 e. The molecule has 1 aromatic rings. The first kappa shape index (κ1) is 15.0. The van der Waals surface area contributed by atoms with Crippen molar-refractivity contribution in [1.82, 2.24) is 10.5 Å². The van der Waals surface area contributed by atoms with Crippen molar-refractivity contribution < 1.29 is 14.1 Å². The van der Waals surface area contributed by atoms with Crippen LogP contribution in [0.4, 0.5) is 0 Å². The van der Waals surface area contributed by atoms with Gasteiger partial charge in [0, 0.05) is 24.1 Å². The molecule has 1 heterocycles. The fourth-order valence-electron chi connectivity index (χ4n) is 2.88. The summed E-state index contributed by atoms with van der Waals surface area (Å²) in [5.41, 5.74) is 1.42. The SMILES string of the molecule is CO[C@@]1(C)C[C@@H](NC(=O)Cc2c(C)noc2C)C1(C)C. The van der Waals surface area contributed by atoms with Crippen molar-refractivity contribution in [2.75, 3.05) is 7.11 Å². The van der Waals surface area contributed by atoms with Gasteiger partial charge in [-0.25, -0.2) is 0 Å². The van der Waals surface area contributed by atoms with Crippen LogP contribution in [-0.2, 0) is 16.0 Å². The molecule has 0 saturated heterocycles. The summed E-state index contributed by atoms with van der Waals surface area (Å²) in [6.45, 7) is 10.0. The van der Waals surface area contributed by atoms with Crippen molar-refractivity contribution in [3.63, 3.8) is 0 Å². The van der Waals surface area contributed by atoms with Crippen LogP contribution in [0.2, 0.25) is 0 Å². The molecule has 0 bridgehead atoms. The van der Waals surface area contributed by atoms with Gasteiger partial charge in [0.25, 0.3) is 0 Å². The molecule has 1 amide bonds. The fourth-order valence-corrected chi connectivity index (χ4v) is 2.88. The number of nitrogens with zero attached hydrogens (tertiary/aromatic N) is 1. The lowest BCUT2D eigenvalue weighted by Gasteiger charge is -2.59. The number of amides is 1. The number of hydrogen-bond acceptors (Lipinski definition) is 4. The highest BCUT2D eigenvalue weighted by atomic mass is 16.5. The number of carbonyl (C=O) groups excluding carboxylic acids is 1. The molecule has 5 nitrogen and oxygen atoms in total. The van der Waals surface area contributed by atoms with Crippen LogP contribution in [0.25, 0.3) is 0 Å². The van der Waals surface area contributed by atoms with Crippen LogP contribution in [0.3, 0.4) is 0 Å². The zero-order valence-corrected chi connectivity index (χ0v) is 13.2. The smallest absolute Gasteiger partial charge is 0.224 e. The average Bonchev–Trinajstić information content (AvgIpc) is 2.69. The van der Waals surface area contributed by atoms with E-state index in [1.165, 1.54) is 0 Å². The highest BCUT2D eigenvalue weighted by Crippen LogP contribution is 2.51. The molecular weight excluding hydrogens is 256 g/mol. The van der Waals surface area contributed by atoms with Gasteiger partial charge in [-0.2, -0.15) is 0 Å². The van der Waals surface area contributed by atoms with E-state index in [9.17, 15) is 4.79 Å². The molecule has 20 heavy (non-hydrogen) atoms. The van der Waals surface area contributed by atoms with Gasteiger partial charge in [-0.15, -0.1) is 0 Å². The number of rotatable bonds is 4. The summed E-state index contributed by atoms with van der Waals surface area (Å²) in [6.07, 6.45) is 1.15. The Hall–Kier alpha value is -1.36. The van der Waals surface area contributed by atoms with E-state index in [0.717, 1.165) is 17.7 Å². The third kappa shape index (κ3) is 2.24. The Balaban J connectivity index is 1.98. The number of hydrogen-bond donors (Lipinski definition) is 1. The quantitative estimate of drug-likeness (QED) is 0.918. The molecular formula is C15H24N2O3. The predicted molar refractivity (Wildman–Crippen MR) is 75.4 cm³/mol. The predicted octanol–water partition coefficient (Wildman–Crippen LogP) is 2.15. The first-order valence-corrected chi connectivity index (χ1v) is 6.97. The van der Waals surface area contributed by atoms with Crippen molar-refractivity contribution in [1.29, 1.82) is 0 Å². The van der Waals surface area contributed by atoms with Crippen LogP contribution in [0.5, 0.6) is 0 Å². The van der Waals surface area contributed by atoms with Crippen LogP contribution in [0.1, 0.15) is 44.2 Å². The lowest BCUT2D eigenvalue weighted by atomic mass is 9.56. The van der Waals surface area contributed by atoms with Crippen LogP contribution in [-0.4, -0.2) is 29.8 Å². The van der Waals surface area contributed by atoms with Gasteiger partial charge in [0.1, 0.15) is 5.76 Å². The maximum absolute atomic E-state index is 12.2. The van der Waals surface area contributed by atoms with Crippen molar-refractivity contribution >= 4 is 5.91 Å². The Labute approximate surface area is 120 Å². The number of aromatic nitrogens is 1. The molecule has 0 unspecified atom stereocenters. The summed E-state index contributed by atoms with van der Waals surface area (Å²) in [7, 11) is 1.73. The minimum absolute atomic E-state index is 0.00984. The molecule has 0 spiro atoms. The topological polar surface area (TPSA) is 64.4 Å². The Morgan fingerprint density at radius 1 is 1.45 bits per heavy atom. The highest BCUT2D eigenvalue weighted by Gasteiger charge is 2.58. The number of nitrogens with one attached hydrogen (secondary N) is 1. The summed E-state index contributed by atoms with van der Waals surface area (Å²) in [5.74, 6) is 0.725. The first-order valence-electron chi connectivity index (χ1n) is 6.97. The second-order valence-electron chi connectivity index (χ2n) is 6.46. The van der Waals surface area contributed by atoms with Gasteiger partial charge in [0.2, 0.25) is 5.91 Å². The van der Waals surface area contributed by atoms with Crippen LogP contribution >= 0.6 is 0 Å². The second kappa shape index (κ2) is 4.88. The highest BCUT2D eigenvalue weighted by molar-refractivity contribution is 5.79. The molecule has 0 radical (unpaired) electrons. The van der Waals surface area contributed by atoms with Crippen molar-refractivity contribution in [2.45, 2.75) is 59.1 Å². The van der Waals surface area contributed by atoms with Gasteiger partial charge < -0.3 is 14.6 Å². The van der Waals surface area contributed by atoms with E-state index in [1.54, 1.807) is 7.11 Å². The van der Waals surface area contributed by atoms with Crippen molar-refractivity contribution in [2.24, 2.45) is 5.41 Å². The average molecular weight is 280 g/mol. The van der Waals surface area contributed by atoms with Gasteiger partial charge >= 0.3 is 0 Å². The number of aryl methyl sites for hydroxylation is 2. The van der Waals surface area contributed by atoms with Crippen LogP contribution < -0.4 is 5.32 Å². The van der Waals surface area contributed by atoms with E-state index < -0.39 is 0 Å². The number of ether oxygens (including phenoxy) is 1. The third-order valence-electron chi connectivity index (χ3n) is 5.13. The lowest BCUT2D eigenvalue weighted by Crippen LogP contribution is -2.68. The number of methoxy groups -OCH3 is 1. The summed E-state index contributed by atoms with van der Waals surface area (Å²) in [5, 5.41) is 6.97. The molecule has 1 N–H and O–H groups in total. The van der Waals surface area contributed by atoms with E-state index in [-0.39, 0.29) is 23.0 Å². The van der Waals surface area contributed by atoms with Crippen molar-refractivity contribution in [3.05, 3.63) is 17.0 Å². The largest absolute Gasteiger partial charge is 0.378 e. The van der Waals surface area contributed by atoms with Gasteiger partial charge in [-0.05, 0) is 27.2 Å².